The van der Waals surface area contributed by atoms with E-state index in [1.165, 1.54) is 0 Å². The lowest BCUT2D eigenvalue weighted by atomic mass is 10.1. The number of hydrogen-bond acceptors (Lipinski definition) is 7. The molecule has 0 aliphatic carbocycles. The number of ether oxygens (including phenoxy) is 4. The van der Waals surface area contributed by atoms with Crippen LogP contribution in [0.5, 0.6) is 17.2 Å². The van der Waals surface area contributed by atoms with Crippen molar-refractivity contribution in [1.82, 2.24) is 14.8 Å². The molecule has 8 nitrogen and oxygen atoms in total. The van der Waals surface area contributed by atoms with E-state index in [2.05, 4.69) is 9.88 Å². The number of morpholine rings is 1. The summed E-state index contributed by atoms with van der Waals surface area (Å²) in [5.41, 5.74) is 1.92. The molecule has 3 rings (SSSR count). The molecule has 0 spiro atoms. The highest BCUT2D eigenvalue weighted by Crippen LogP contribution is 2.39. The Labute approximate surface area is 183 Å². The maximum atomic E-state index is 12.2. The second-order valence-electron chi connectivity index (χ2n) is 7.36. The van der Waals surface area contributed by atoms with Crippen LogP contribution in [-0.2, 0) is 22.6 Å². The lowest BCUT2D eigenvalue weighted by Crippen LogP contribution is -2.38. The molecule has 1 saturated heterocycles. The van der Waals surface area contributed by atoms with Gasteiger partial charge in [0.05, 0.1) is 27.4 Å². The van der Waals surface area contributed by atoms with E-state index in [0.29, 0.717) is 36.9 Å². The van der Waals surface area contributed by atoms with Crippen LogP contribution >= 0.6 is 0 Å². The van der Waals surface area contributed by atoms with Crippen LogP contribution in [-0.4, -0.2) is 74.4 Å². The molecule has 8 heteroatoms. The number of carbonyl (C=O) groups excluding carboxylic acids is 1. The van der Waals surface area contributed by atoms with Gasteiger partial charge in [0.1, 0.15) is 6.61 Å². The zero-order chi connectivity index (χ0) is 22.1. The van der Waals surface area contributed by atoms with Crippen LogP contribution in [0.15, 0.2) is 36.7 Å². The molecule has 2 aromatic rings. The van der Waals surface area contributed by atoms with Gasteiger partial charge < -0.3 is 23.8 Å². The summed E-state index contributed by atoms with van der Waals surface area (Å²) >= 11 is 0. The van der Waals surface area contributed by atoms with E-state index in [0.717, 1.165) is 44.0 Å². The number of carbonyl (C=O) groups is 1. The Hall–Kier alpha value is -2.84. The van der Waals surface area contributed by atoms with E-state index in [-0.39, 0.29) is 5.91 Å². The number of nitrogens with zero attached hydrogens (tertiary/aromatic N) is 3. The molecule has 1 fully saturated rings. The number of rotatable bonds is 10. The molecule has 1 aliphatic heterocycles. The van der Waals surface area contributed by atoms with Gasteiger partial charge in [0.2, 0.25) is 11.7 Å². The number of pyridine rings is 1. The highest BCUT2D eigenvalue weighted by Gasteiger charge is 2.18. The molecule has 0 bridgehead atoms. The lowest BCUT2D eigenvalue weighted by molar-refractivity contribution is -0.130. The summed E-state index contributed by atoms with van der Waals surface area (Å²) in [6, 6.07) is 7.61. The molecule has 1 aromatic carbocycles. The molecule has 1 aromatic heterocycles. The largest absolute Gasteiger partial charge is 0.493 e. The van der Waals surface area contributed by atoms with Crippen molar-refractivity contribution in [3.05, 3.63) is 47.8 Å². The summed E-state index contributed by atoms with van der Waals surface area (Å²) in [7, 11) is 3.21. The van der Waals surface area contributed by atoms with Crippen LogP contribution in [0.4, 0.5) is 0 Å². The van der Waals surface area contributed by atoms with Crippen molar-refractivity contribution in [3.63, 3.8) is 0 Å². The first-order valence-electron chi connectivity index (χ1n) is 10.4. The van der Waals surface area contributed by atoms with E-state index in [9.17, 15) is 4.79 Å². The molecule has 0 unspecified atom stereocenters. The van der Waals surface area contributed by atoms with Gasteiger partial charge >= 0.3 is 0 Å². The van der Waals surface area contributed by atoms with E-state index in [1.54, 1.807) is 38.4 Å². The number of hydrogen-bond donors (Lipinski definition) is 0. The van der Waals surface area contributed by atoms with Crippen molar-refractivity contribution < 1.29 is 23.7 Å². The van der Waals surface area contributed by atoms with E-state index in [1.807, 2.05) is 24.3 Å². The van der Waals surface area contributed by atoms with Gasteiger partial charge in [-0.3, -0.25) is 14.7 Å². The monoisotopic (exact) mass is 429 g/mol. The molecule has 0 radical (unpaired) electrons. The van der Waals surface area contributed by atoms with Crippen LogP contribution < -0.4 is 14.2 Å². The average molecular weight is 430 g/mol. The normalized spacial score (nSPS) is 14.2. The van der Waals surface area contributed by atoms with Crippen molar-refractivity contribution in [3.8, 4) is 17.2 Å². The summed E-state index contributed by atoms with van der Waals surface area (Å²) in [6.07, 6.45) is 3.45. The highest BCUT2D eigenvalue weighted by atomic mass is 16.5. The van der Waals surface area contributed by atoms with Gasteiger partial charge in [-0.15, -0.1) is 0 Å². The van der Waals surface area contributed by atoms with Crippen LogP contribution in [0.1, 0.15) is 18.1 Å². The van der Waals surface area contributed by atoms with E-state index in [4.69, 9.17) is 18.9 Å². The Morgan fingerprint density at radius 3 is 2.26 bits per heavy atom. The van der Waals surface area contributed by atoms with Crippen molar-refractivity contribution >= 4 is 5.91 Å². The SMILES string of the molecule is COc1cc(CN(Cc2ccncc2)C(C)=O)cc(OC)c1OCCN1CCOCC1. The molecule has 0 N–H and O–H groups in total. The Bertz CT molecular complexity index is 815. The van der Waals surface area contributed by atoms with Crippen LogP contribution in [0.3, 0.4) is 0 Å². The molecule has 31 heavy (non-hydrogen) atoms. The van der Waals surface area contributed by atoms with Crippen molar-refractivity contribution in [2.45, 2.75) is 20.0 Å². The first-order valence-corrected chi connectivity index (χ1v) is 10.4. The Kier molecular flexibility index (Phi) is 8.49. The number of amides is 1. The topological polar surface area (TPSA) is 73.4 Å². The minimum atomic E-state index is -0.0133. The van der Waals surface area contributed by atoms with Gasteiger partial charge in [0, 0.05) is 52.0 Å². The standard InChI is InChI=1S/C23H31N3O5/c1-18(27)26(16-19-4-6-24-7-5-19)17-20-14-21(28-2)23(22(15-20)29-3)31-13-10-25-8-11-30-12-9-25/h4-7,14-15H,8-13,16-17H2,1-3H3. The van der Waals surface area contributed by atoms with Gasteiger partial charge in [-0.05, 0) is 35.4 Å². The fourth-order valence-corrected chi connectivity index (χ4v) is 3.48. The smallest absolute Gasteiger partial charge is 0.220 e. The molecular formula is C23H31N3O5. The second kappa shape index (κ2) is 11.5. The highest BCUT2D eigenvalue weighted by molar-refractivity contribution is 5.73. The van der Waals surface area contributed by atoms with Crippen molar-refractivity contribution in [2.75, 3.05) is 53.7 Å². The molecular weight excluding hydrogens is 398 g/mol. The second-order valence-corrected chi connectivity index (χ2v) is 7.36. The van der Waals surface area contributed by atoms with Crippen molar-refractivity contribution in [2.24, 2.45) is 0 Å². The van der Waals surface area contributed by atoms with Crippen LogP contribution in [0.25, 0.3) is 0 Å². The first-order chi connectivity index (χ1) is 15.1. The van der Waals surface area contributed by atoms with Gasteiger partial charge in [0.25, 0.3) is 0 Å². The van der Waals surface area contributed by atoms with Gasteiger partial charge in [-0.2, -0.15) is 0 Å². The van der Waals surface area contributed by atoms with Gasteiger partial charge in [-0.1, -0.05) is 0 Å². The minimum Gasteiger partial charge on any atom is -0.493 e. The summed E-state index contributed by atoms with van der Waals surface area (Å²) in [6.45, 7) is 7.16. The summed E-state index contributed by atoms with van der Waals surface area (Å²) < 4.78 is 22.6. The molecule has 1 amide bonds. The van der Waals surface area contributed by atoms with Crippen LogP contribution in [0.2, 0.25) is 0 Å². The number of benzene rings is 1. The van der Waals surface area contributed by atoms with E-state index < -0.39 is 0 Å². The summed E-state index contributed by atoms with van der Waals surface area (Å²) in [4.78, 5) is 20.3. The summed E-state index contributed by atoms with van der Waals surface area (Å²) in [5, 5.41) is 0. The van der Waals surface area contributed by atoms with Gasteiger partial charge in [0.15, 0.2) is 11.5 Å². The van der Waals surface area contributed by atoms with E-state index >= 15 is 0 Å². The van der Waals surface area contributed by atoms with Crippen molar-refractivity contribution in [1.29, 1.82) is 0 Å². The third-order valence-electron chi connectivity index (χ3n) is 5.22. The molecule has 168 valence electrons. The maximum Gasteiger partial charge on any atom is 0.220 e. The van der Waals surface area contributed by atoms with Crippen LogP contribution in [0, 0.1) is 0 Å². The number of methoxy groups -OCH3 is 2. The lowest BCUT2D eigenvalue weighted by Gasteiger charge is -2.27. The predicted molar refractivity (Wildman–Crippen MR) is 116 cm³/mol. The zero-order valence-corrected chi connectivity index (χ0v) is 18.5. The fourth-order valence-electron chi connectivity index (χ4n) is 3.48. The Morgan fingerprint density at radius 1 is 1.06 bits per heavy atom. The molecule has 1 aliphatic rings. The van der Waals surface area contributed by atoms with Gasteiger partial charge in [-0.25, -0.2) is 0 Å². The molecule has 0 atom stereocenters. The molecule has 2 heterocycles. The third-order valence-corrected chi connectivity index (χ3v) is 5.22. The predicted octanol–water partition coefficient (Wildman–Crippen LogP) is 2.36. The first kappa shape index (κ1) is 22.8. The quantitative estimate of drug-likeness (QED) is 0.574. The minimum absolute atomic E-state index is 0.0133. The zero-order valence-electron chi connectivity index (χ0n) is 18.5. The Balaban J connectivity index is 1.71. The third kappa shape index (κ3) is 6.57. The maximum absolute atomic E-state index is 12.2. The Morgan fingerprint density at radius 2 is 1.68 bits per heavy atom. The fraction of sp³-hybridized carbons (Fsp3) is 0.478. The summed E-state index contributed by atoms with van der Waals surface area (Å²) in [5.74, 6) is 1.73. The molecule has 0 saturated carbocycles. The number of aromatic nitrogens is 1. The average Bonchev–Trinajstić information content (AvgIpc) is 2.80.